The highest BCUT2D eigenvalue weighted by Gasteiger charge is 2.37. The highest BCUT2D eigenvalue weighted by atomic mass is 31.2. The second kappa shape index (κ2) is 10.5. The molecule has 3 aromatic carbocycles. The maximum Gasteiger partial charge on any atom is 0.258 e. The molecular formula is C25H31N2O3P. The van der Waals surface area contributed by atoms with Gasteiger partial charge in [-0.25, -0.2) is 0 Å². The van der Waals surface area contributed by atoms with Crippen molar-refractivity contribution in [2.24, 2.45) is 0 Å². The Morgan fingerprint density at radius 3 is 2.13 bits per heavy atom. The van der Waals surface area contributed by atoms with Gasteiger partial charge in [-0.05, 0) is 60.5 Å². The van der Waals surface area contributed by atoms with Crippen LogP contribution >= 0.6 is 7.37 Å². The van der Waals surface area contributed by atoms with Gasteiger partial charge in [-0.1, -0.05) is 37.3 Å². The third-order valence-electron chi connectivity index (χ3n) is 5.06. The van der Waals surface area contributed by atoms with Crippen LogP contribution in [0.15, 0.2) is 78.9 Å². The fourth-order valence-corrected chi connectivity index (χ4v) is 5.83. The fourth-order valence-electron chi connectivity index (χ4n) is 3.33. The number of ether oxygens (including phenoxy) is 1. The van der Waals surface area contributed by atoms with E-state index in [-0.39, 0.29) is 0 Å². The first-order chi connectivity index (χ1) is 15.0. The van der Waals surface area contributed by atoms with Gasteiger partial charge >= 0.3 is 0 Å². The molecule has 2 atom stereocenters. The number of para-hydroxylation sites is 1. The largest absolute Gasteiger partial charge is 0.497 e. The molecular weight excluding hydrogens is 407 g/mol. The minimum absolute atomic E-state index is 0.413. The number of nitrogens with zero attached hydrogens (tertiary/aromatic N) is 1. The lowest BCUT2D eigenvalue weighted by molar-refractivity contribution is 0.315. The van der Waals surface area contributed by atoms with Crippen LogP contribution in [0.5, 0.6) is 5.75 Å². The predicted octanol–water partition coefficient (Wildman–Crippen LogP) is 5.90. The molecule has 0 saturated heterocycles. The maximum absolute atomic E-state index is 14.6. The minimum Gasteiger partial charge on any atom is -0.497 e. The van der Waals surface area contributed by atoms with Crippen LogP contribution in [0.25, 0.3) is 0 Å². The standard InChI is InChI=1S/C25H31N2O3P/c1-5-19-30-31(28,24-17-13-22(14-18-24)27(2)3)25(26-21-9-7-6-8-10-21)20-11-15-23(29-4)16-12-20/h6-18,25-26H,5,19H2,1-4H3/t25-,31-/m0/s1. The molecule has 0 aromatic heterocycles. The summed E-state index contributed by atoms with van der Waals surface area (Å²) in [6.45, 7) is 2.43. The van der Waals surface area contributed by atoms with Crippen LogP contribution < -0.4 is 20.3 Å². The monoisotopic (exact) mass is 438 g/mol. The van der Waals surface area contributed by atoms with Gasteiger partial charge in [-0.15, -0.1) is 0 Å². The highest BCUT2D eigenvalue weighted by Crippen LogP contribution is 2.59. The molecule has 3 aromatic rings. The van der Waals surface area contributed by atoms with Crippen LogP contribution in [-0.2, 0) is 9.09 Å². The van der Waals surface area contributed by atoms with Crippen molar-refractivity contribution in [2.45, 2.75) is 19.1 Å². The van der Waals surface area contributed by atoms with Crippen LogP contribution in [-0.4, -0.2) is 27.8 Å². The van der Waals surface area contributed by atoms with Gasteiger partial charge in [0.15, 0.2) is 0 Å². The zero-order valence-corrected chi connectivity index (χ0v) is 19.5. The summed E-state index contributed by atoms with van der Waals surface area (Å²) in [5.74, 6) is 0.208. The van der Waals surface area contributed by atoms with Gasteiger partial charge in [-0.2, -0.15) is 0 Å². The third kappa shape index (κ3) is 5.49. The number of methoxy groups -OCH3 is 1. The predicted molar refractivity (Wildman–Crippen MR) is 130 cm³/mol. The van der Waals surface area contributed by atoms with E-state index in [0.29, 0.717) is 11.9 Å². The van der Waals surface area contributed by atoms with Crippen molar-refractivity contribution < 1.29 is 13.8 Å². The molecule has 3 rings (SSSR count). The summed E-state index contributed by atoms with van der Waals surface area (Å²) in [6.07, 6.45) is 0.778. The van der Waals surface area contributed by atoms with Crippen molar-refractivity contribution in [3.63, 3.8) is 0 Å². The van der Waals surface area contributed by atoms with E-state index < -0.39 is 13.2 Å². The summed E-state index contributed by atoms with van der Waals surface area (Å²) in [5, 5.41) is 4.17. The van der Waals surface area contributed by atoms with Crippen LogP contribution in [0, 0.1) is 0 Å². The Kier molecular flexibility index (Phi) is 7.78. The Morgan fingerprint density at radius 1 is 0.935 bits per heavy atom. The lowest BCUT2D eigenvalue weighted by Gasteiger charge is -2.30. The average molecular weight is 439 g/mol. The topological polar surface area (TPSA) is 50.8 Å². The fraction of sp³-hybridized carbons (Fsp3) is 0.280. The van der Waals surface area contributed by atoms with Crippen LogP contribution in [0.3, 0.4) is 0 Å². The molecule has 0 saturated carbocycles. The Morgan fingerprint density at radius 2 is 1.58 bits per heavy atom. The number of hydrogen-bond acceptors (Lipinski definition) is 5. The molecule has 0 fully saturated rings. The summed E-state index contributed by atoms with van der Waals surface area (Å²) in [4.78, 5) is 2.02. The van der Waals surface area contributed by atoms with E-state index in [4.69, 9.17) is 9.26 Å². The summed E-state index contributed by atoms with van der Waals surface area (Å²) in [7, 11) is 2.28. The minimum atomic E-state index is -3.33. The lowest BCUT2D eigenvalue weighted by Crippen LogP contribution is -2.21. The summed E-state index contributed by atoms with van der Waals surface area (Å²) in [5.41, 5.74) is 2.80. The van der Waals surface area contributed by atoms with Gasteiger partial charge in [0.25, 0.3) is 7.37 Å². The van der Waals surface area contributed by atoms with Crippen molar-refractivity contribution in [3.05, 3.63) is 84.4 Å². The van der Waals surface area contributed by atoms with Crippen molar-refractivity contribution in [1.82, 2.24) is 0 Å². The Bertz CT molecular complexity index is 990. The van der Waals surface area contributed by atoms with E-state index in [0.717, 1.165) is 29.1 Å². The summed E-state index contributed by atoms with van der Waals surface area (Å²) in [6, 6.07) is 25.2. The van der Waals surface area contributed by atoms with E-state index in [2.05, 4.69) is 5.32 Å². The van der Waals surface area contributed by atoms with E-state index >= 15 is 0 Å². The molecule has 0 unspecified atom stereocenters. The molecule has 5 nitrogen and oxygen atoms in total. The number of nitrogens with one attached hydrogen (secondary N) is 1. The molecule has 0 radical (unpaired) electrons. The quantitative estimate of drug-likeness (QED) is 0.399. The lowest BCUT2D eigenvalue weighted by atomic mass is 10.2. The maximum atomic E-state index is 14.6. The Hall–Kier alpha value is -2.75. The normalized spacial score (nSPS) is 13.8. The summed E-state index contributed by atoms with van der Waals surface area (Å²) < 4.78 is 26.1. The molecule has 0 aliphatic carbocycles. The first-order valence-electron chi connectivity index (χ1n) is 10.5. The van der Waals surface area contributed by atoms with Crippen LogP contribution in [0.4, 0.5) is 11.4 Å². The second-order valence-electron chi connectivity index (χ2n) is 7.53. The van der Waals surface area contributed by atoms with Crippen LogP contribution in [0.1, 0.15) is 24.7 Å². The van der Waals surface area contributed by atoms with Crippen LogP contribution in [0.2, 0.25) is 0 Å². The van der Waals surface area contributed by atoms with Gasteiger partial charge in [0.05, 0.1) is 13.7 Å². The molecule has 1 N–H and O–H groups in total. The molecule has 6 heteroatoms. The highest BCUT2D eigenvalue weighted by molar-refractivity contribution is 7.67. The summed E-state index contributed by atoms with van der Waals surface area (Å²) >= 11 is 0. The first-order valence-corrected chi connectivity index (χ1v) is 12.1. The zero-order chi connectivity index (χ0) is 22.3. The number of rotatable bonds is 10. The first kappa shape index (κ1) is 22.9. The second-order valence-corrected chi connectivity index (χ2v) is 10.0. The van der Waals surface area contributed by atoms with Crippen molar-refractivity contribution in [2.75, 3.05) is 38.0 Å². The zero-order valence-electron chi connectivity index (χ0n) is 18.6. The Labute approximate surface area is 185 Å². The van der Waals surface area contributed by atoms with Gasteiger partial charge in [0.2, 0.25) is 0 Å². The van der Waals surface area contributed by atoms with E-state index in [1.54, 1.807) is 7.11 Å². The van der Waals surface area contributed by atoms with E-state index in [1.165, 1.54) is 0 Å². The number of anilines is 2. The van der Waals surface area contributed by atoms with Gasteiger partial charge in [0.1, 0.15) is 11.5 Å². The molecule has 0 amide bonds. The van der Waals surface area contributed by atoms with E-state index in [9.17, 15) is 4.57 Å². The Balaban J connectivity index is 2.10. The average Bonchev–Trinajstić information content (AvgIpc) is 2.82. The molecule has 0 aliphatic rings. The molecule has 164 valence electrons. The number of hydrogen-bond donors (Lipinski definition) is 1. The van der Waals surface area contributed by atoms with E-state index in [1.807, 2.05) is 105 Å². The SMILES string of the molecule is CCCO[P@@](=O)(c1ccc(N(C)C)cc1)[C@H](Nc1ccccc1)c1ccc(OC)cc1. The molecule has 31 heavy (non-hydrogen) atoms. The van der Waals surface area contributed by atoms with Gasteiger partial charge in [0, 0.05) is 30.8 Å². The van der Waals surface area contributed by atoms with Gasteiger partial charge < -0.3 is 19.5 Å². The molecule has 0 spiro atoms. The van der Waals surface area contributed by atoms with Crippen molar-refractivity contribution >= 4 is 24.0 Å². The molecule has 0 bridgehead atoms. The molecule has 0 heterocycles. The van der Waals surface area contributed by atoms with Crippen molar-refractivity contribution in [1.29, 1.82) is 0 Å². The van der Waals surface area contributed by atoms with Crippen molar-refractivity contribution in [3.8, 4) is 5.75 Å². The number of benzene rings is 3. The third-order valence-corrected chi connectivity index (χ3v) is 7.75. The smallest absolute Gasteiger partial charge is 0.258 e. The molecule has 0 aliphatic heterocycles. The van der Waals surface area contributed by atoms with Gasteiger partial charge in [-0.3, -0.25) is 4.57 Å².